The van der Waals surface area contributed by atoms with Crippen LogP contribution in [0.25, 0.3) is 0 Å². The monoisotopic (exact) mass is 171 g/mol. The van der Waals surface area contributed by atoms with Crippen LogP contribution in [0.15, 0.2) is 18.3 Å². The van der Waals surface area contributed by atoms with Crippen LogP contribution in [-0.4, -0.2) is 19.7 Å². The third kappa shape index (κ3) is 2.99. The Bertz CT molecular complexity index is 320. The van der Waals surface area contributed by atoms with E-state index in [0.717, 1.165) is 6.26 Å². The van der Waals surface area contributed by atoms with Gasteiger partial charge in [0.1, 0.15) is 5.82 Å². The first-order valence-corrected chi connectivity index (χ1v) is 4.77. The first-order chi connectivity index (χ1) is 5.08. The predicted octanol–water partition coefficient (Wildman–Crippen LogP) is 0.253. The number of hydrogen-bond donors (Lipinski definition) is 1. The van der Waals surface area contributed by atoms with Crippen molar-refractivity contribution < 1.29 is 8.42 Å². The lowest BCUT2D eigenvalue weighted by atomic mass is 10.5. The normalized spacial score (nSPS) is 11.0. The van der Waals surface area contributed by atoms with Crippen LogP contribution >= 0.6 is 0 Å². The fourth-order valence-electron chi connectivity index (χ4n) is 0.571. The summed E-state index contributed by atoms with van der Waals surface area (Å²) in [5.74, 6) is 0.287. The molecule has 1 aromatic heterocycles. The van der Waals surface area contributed by atoms with E-state index in [0.29, 0.717) is 0 Å². The summed E-state index contributed by atoms with van der Waals surface area (Å²) in [7, 11) is -3.21. The molecule has 0 aliphatic carbocycles. The SMILES string of the molecule is CS(=O)(=O)Nc1c[c]ccn1. The lowest BCUT2D eigenvalue weighted by Crippen LogP contribution is -2.10. The van der Waals surface area contributed by atoms with Crippen LogP contribution in [0.5, 0.6) is 0 Å². The van der Waals surface area contributed by atoms with Gasteiger partial charge in [-0.1, -0.05) is 0 Å². The van der Waals surface area contributed by atoms with Gasteiger partial charge in [-0.2, -0.15) is 0 Å². The number of rotatable bonds is 2. The van der Waals surface area contributed by atoms with E-state index in [9.17, 15) is 8.42 Å². The quantitative estimate of drug-likeness (QED) is 0.694. The van der Waals surface area contributed by atoms with Gasteiger partial charge in [0.2, 0.25) is 10.0 Å². The molecule has 0 atom stereocenters. The van der Waals surface area contributed by atoms with Crippen molar-refractivity contribution in [1.82, 2.24) is 4.98 Å². The molecule has 0 aliphatic heterocycles. The van der Waals surface area contributed by atoms with Crippen molar-refractivity contribution in [3.8, 4) is 0 Å². The topological polar surface area (TPSA) is 59.1 Å². The summed E-state index contributed by atoms with van der Waals surface area (Å²) in [5, 5.41) is 0. The second kappa shape index (κ2) is 2.87. The minimum absolute atomic E-state index is 0.287. The summed E-state index contributed by atoms with van der Waals surface area (Å²) in [4.78, 5) is 3.74. The summed E-state index contributed by atoms with van der Waals surface area (Å²) in [6.45, 7) is 0. The molecule has 1 rings (SSSR count). The molecule has 59 valence electrons. The number of hydrogen-bond acceptors (Lipinski definition) is 3. The zero-order chi connectivity index (χ0) is 8.32. The lowest BCUT2D eigenvalue weighted by Gasteiger charge is -1.99. The molecule has 0 saturated heterocycles. The van der Waals surface area contributed by atoms with E-state index < -0.39 is 10.0 Å². The highest BCUT2D eigenvalue weighted by atomic mass is 32.2. The number of aromatic nitrogens is 1. The maximum atomic E-state index is 10.6. The van der Waals surface area contributed by atoms with Gasteiger partial charge in [-0.05, 0) is 18.2 Å². The Morgan fingerprint density at radius 3 is 2.82 bits per heavy atom. The Hall–Kier alpha value is -1.10. The molecule has 1 heterocycles. The Morgan fingerprint density at radius 1 is 1.64 bits per heavy atom. The zero-order valence-electron chi connectivity index (χ0n) is 5.90. The number of nitrogens with zero attached hydrogens (tertiary/aromatic N) is 1. The van der Waals surface area contributed by atoms with Gasteiger partial charge in [-0.3, -0.25) is 4.72 Å². The van der Waals surface area contributed by atoms with Gasteiger partial charge >= 0.3 is 0 Å². The summed E-state index contributed by atoms with van der Waals surface area (Å²) in [6, 6.07) is 5.74. The Balaban J connectivity index is 2.82. The van der Waals surface area contributed by atoms with E-state index in [1.54, 1.807) is 6.07 Å². The molecule has 0 aromatic carbocycles. The number of nitrogens with one attached hydrogen (secondary N) is 1. The highest BCUT2D eigenvalue weighted by molar-refractivity contribution is 7.92. The van der Waals surface area contributed by atoms with Crippen molar-refractivity contribution in [2.45, 2.75) is 0 Å². The minimum atomic E-state index is -3.21. The number of anilines is 1. The molecule has 0 spiro atoms. The Morgan fingerprint density at radius 2 is 2.36 bits per heavy atom. The maximum Gasteiger partial charge on any atom is 0.230 e. The van der Waals surface area contributed by atoms with Crippen molar-refractivity contribution in [1.29, 1.82) is 0 Å². The van der Waals surface area contributed by atoms with Gasteiger partial charge in [0, 0.05) is 6.20 Å². The average molecular weight is 171 g/mol. The van der Waals surface area contributed by atoms with Crippen LogP contribution in [0, 0.1) is 6.07 Å². The molecule has 1 N–H and O–H groups in total. The van der Waals surface area contributed by atoms with Crippen molar-refractivity contribution in [2.24, 2.45) is 0 Å². The molecule has 0 amide bonds. The molecule has 0 aliphatic rings. The van der Waals surface area contributed by atoms with Crippen LogP contribution in [0.3, 0.4) is 0 Å². The fourth-order valence-corrected chi connectivity index (χ4v) is 1.06. The molecule has 0 bridgehead atoms. The van der Waals surface area contributed by atoms with E-state index in [-0.39, 0.29) is 5.82 Å². The number of sulfonamides is 1. The van der Waals surface area contributed by atoms with Crippen molar-refractivity contribution in [3.05, 3.63) is 24.4 Å². The van der Waals surface area contributed by atoms with Gasteiger partial charge in [0.05, 0.1) is 6.26 Å². The first kappa shape index (κ1) is 8.00. The molecular formula is C6H7N2O2S. The standard InChI is InChI=1S/C6H7N2O2S/c1-11(9,10)8-6-4-2-3-5-7-6/h3-5H,1H3,(H,7,8). The molecule has 5 heteroatoms. The van der Waals surface area contributed by atoms with E-state index in [4.69, 9.17) is 0 Å². The summed E-state index contributed by atoms with van der Waals surface area (Å²) in [6.07, 6.45) is 2.54. The van der Waals surface area contributed by atoms with Gasteiger partial charge in [-0.15, -0.1) is 0 Å². The summed E-state index contributed by atoms with van der Waals surface area (Å²) < 4.78 is 23.5. The molecule has 11 heavy (non-hydrogen) atoms. The van der Waals surface area contributed by atoms with Crippen molar-refractivity contribution >= 4 is 15.8 Å². The first-order valence-electron chi connectivity index (χ1n) is 2.88. The zero-order valence-corrected chi connectivity index (χ0v) is 6.72. The molecule has 0 fully saturated rings. The van der Waals surface area contributed by atoms with E-state index in [1.807, 2.05) is 0 Å². The minimum Gasteiger partial charge on any atom is -0.268 e. The summed E-state index contributed by atoms with van der Waals surface area (Å²) in [5.41, 5.74) is 0. The Kier molecular flexibility index (Phi) is 2.09. The predicted molar refractivity (Wildman–Crippen MR) is 41.5 cm³/mol. The molecular weight excluding hydrogens is 164 g/mol. The number of pyridine rings is 1. The average Bonchev–Trinajstić information content (AvgIpc) is 1.85. The second-order valence-corrected chi connectivity index (χ2v) is 3.76. The second-order valence-electron chi connectivity index (χ2n) is 2.02. The van der Waals surface area contributed by atoms with Crippen LogP contribution in [0.1, 0.15) is 0 Å². The Labute approximate surface area is 65.3 Å². The fraction of sp³-hybridized carbons (Fsp3) is 0.167. The largest absolute Gasteiger partial charge is 0.268 e. The van der Waals surface area contributed by atoms with E-state index in [2.05, 4.69) is 15.8 Å². The highest BCUT2D eigenvalue weighted by Gasteiger charge is 1.99. The molecule has 0 unspecified atom stereocenters. The highest BCUT2D eigenvalue weighted by Crippen LogP contribution is 2.00. The van der Waals surface area contributed by atoms with Crippen LogP contribution in [0.2, 0.25) is 0 Å². The molecule has 0 saturated carbocycles. The maximum absolute atomic E-state index is 10.6. The van der Waals surface area contributed by atoms with Crippen LogP contribution < -0.4 is 4.72 Å². The smallest absolute Gasteiger partial charge is 0.230 e. The van der Waals surface area contributed by atoms with Crippen LogP contribution in [-0.2, 0) is 10.0 Å². The molecule has 1 aromatic rings. The third-order valence-corrected chi connectivity index (χ3v) is 1.47. The van der Waals surface area contributed by atoms with Crippen LogP contribution in [0.4, 0.5) is 5.82 Å². The molecule has 4 nitrogen and oxygen atoms in total. The van der Waals surface area contributed by atoms with Crippen molar-refractivity contribution in [3.63, 3.8) is 0 Å². The third-order valence-electron chi connectivity index (χ3n) is 0.894. The molecule has 1 radical (unpaired) electrons. The van der Waals surface area contributed by atoms with Gasteiger partial charge < -0.3 is 0 Å². The van der Waals surface area contributed by atoms with E-state index >= 15 is 0 Å². The van der Waals surface area contributed by atoms with Gasteiger partial charge in [-0.25, -0.2) is 13.4 Å². The van der Waals surface area contributed by atoms with Gasteiger partial charge in [0.25, 0.3) is 0 Å². The van der Waals surface area contributed by atoms with Gasteiger partial charge in [0.15, 0.2) is 0 Å². The summed E-state index contributed by atoms with van der Waals surface area (Å²) >= 11 is 0. The van der Waals surface area contributed by atoms with E-state index in [1.165, 1.54) is 12.3 Å². The lowest BCUT2D eigenvalue weighted by molar-refractivity contribution is 0.606. The van der Waals surface area contributed by atoms with Crippen molar-refractivity contribution in [2.75, 3.05) is 11.0 Å².